The van der Waals surface area contributed by atoms with Crippen LogP contribution in [-0.4, -0.2) is 12.5 Å². The third-order valence-electron chi connectivity index (χ3n) is 2.64. The van der Waals surface area contributed by atoms with Gasteiger partial charge in [-0.1, -0.05) is 6.92 Å². The highest BCUT2D eigenvalue weighted by Crippen LogP contribution is 2.36. The van der Waals surface area contributed by atoms with Gasteiger partial charge in [-0.2, -0.15) is 0 Å². The first kappa shape index (κ1) is 9.52. The molecule has 1 aliphatic rings. The molecule has 3 nitrogen and oxygen atoms in total. The highest BCUT2D eigenvalue weighted by atomic mass is 32.1. The average Bonchev–Trinajstić information content (AvgIpc) is 2.66. The Bertz CT molecular complexity index is 348. The highest BCUT2D eigenvalue weighted by Gasteiger charge is 2.32. The number of rotatable bonds is 3. The van der Waals surface area contributed by atoms with E-state index in [4.69, 9.17) is 5.73 Å². The van der Waals surface area contributed by atoms with E-state index in [1.807, 2.05) is 0 Å². The van der Waals surface area contributed by atoms with Crippen molar-refractivity contribution in [1.29, 1.82) is 0 Å². The number of nitrogens with two attached hydrogens (primary N) is 1. The Morgan fingerprint density at radius 2 is 2.50 bits per heavy atom. The summed E-state index contributed by atoms with van der Waals surface area (Å²) in [7, 11) is 0. The van der Waals surface area contributed by atoms with Gasteiger partial charge in [-0.3, -0.25) is 4.79 Å². The summed E-state index contributed by atoms with van der Waals surface area (Å²) in [6, 6.07) is 1.72. The molecule has 76 valence electrons. The van der Waals surface area contributed by atoms with E-state index in [0.717, 1.165) is 12.5 Å². The molecular weight excluding hydrogens is 196 g/mol. The smallest absolute Gasteiger partial charge is 0.261 e. The van der Waals surface area contributed by atoms with Crippen LogP contribution in [0.2, 0.25) is 0 Å². The van der Waals surface area contributed by atoms with Crippen LogP contribution >= 0.6 is 11.3 Å². The predicted molar refractivity (Wildman–Crippen MR) is 58.3 cm³/mol. The third kappa shape index (κ3) is 2.07. The number of hydrogen-bond donors (Lipinski definition) is 2. The standard InChI is InChI=1S/C10H14N2OS/c1-6-2-7(6)4-12-10(13)9-3-8(11)5-14-9/h3,5-7H,2,4,11H2,1H3,(H,12,13). The highest BCUT2D eigenvalue weighted by molar-refractivity contribution is 7.12. The Hall–Kier alpha value is -1.03. The fourth-order valence-corrected chi connectivity index (χ4v) is 2.18. The minimum absolute atomic E-state index is 0.00537. The van der Waals surface area contributed by atoms with E-state index < -0.39 is 0 Å². The molecule has 0 spiro atoms. The fraction of sp³-hybridized carbons (Fsp3) is 0.500. The number of carbonyl (C=O) groups is 1. The molecule has 2 unspecified atom stereocenters. The summed E-state index contributed by atoms with van der Waals surface area (Å²) in [6.45, 7) is 3.01. The van der Waals surface area contributed by atoms with Crippen LogP contribution < -0.4 is 11.1 Å². The van der Waals surface area contributed by atoms with Gasteiger partial charge in [0.15, 0.2) is 0 Å². The van der Waals surface area contributed by atoms with Gasteiger partial charge in [-0.05, 0) is 24.3 Å². The lowest BCUT2D eigenvalue weighted by Crippen LogP contribution is -2.25. The topological polar surface area (TPSA) is 55.1 Å². The molecule has 0 aliphatic heterocycles. The fourth-order valence-electron chi connectivity index (χ4n) is 1.46. The molecule has 0 radical (unpaired) electrons. The van der Waals surface area contributed by atoms with Crippen LogP contribution in [0.25, 0.3) is 0 Å². The van der Waals surface area contributed by atoms with E-state index in [2.05, 4.69) is 12.2 Å². The molecule has 0 saturated heterocycles. The zero-order valence-electron chi connectivity index (χ0n) is 8.12. The maximum Gasteiger partial charge on any atom is 0.261 e. The molecule has 1 aromatic rings. The van der Waals surface area contributed by atoms with Gasteiger partial charge in [0.25, 0.3) is 5.91 Å². The van der Waals surface area contributed by atoms with Crippen molar-refractivity contribution in [3.8, 4) is 0 Å². The minimum atomic E-state index is 0.00537. The maximum absolute atomic E-state index is 11.5. The molecule has 1 saturated carbocycles. The van der Waals surface area contributed by atoms with Crippen molar-refractivity contribution in [2.24, 2.45) is 11.8 Å². The van der Waals surface area contributed by atoms with E-state index in [9.17, 15) is 4.79 Å². The summed E-state index contributed by atoms with van der Waals surface area (Å²) in [6.07, 6.45) is 1.24. The monoisotopic (exact) mass is 210 g/mol. The SMILES string of the molecule is CC1CC1CNC(=O)c1cc(N)cs1. The van der Waals surface area contributed by atoms with Crippen LogP contribution in [0.15, 0.2) is 11.4 Å². The van der Waals surface area contributed by atoms with Crippen LogP contribution in [0, 0.1) is 11.8 Å². The Morgan fingerprint density at radius 1 is 1.79 bits per heavy atom. The molecule has 1 aliphatic carbocycles. The van der Waals surface area contributed by atoms with Crippen molar-refractivity contribution in [2.45, 2.75) is 13.3 Å². The van der Waals surface area contributed by atoms with E-state index in [-0.39, 0.29) is 5.91 Å². The molecule has 0 bridgehead atoms. The lowest BCUT2D eigenvalue weighted by molar-refractivity contribution is 0.0955. The predicted octanol–water partition coefficient (Wildman–Crippen LogP) is 1.72. The number of anilines is 1. The Kier molecular flexibility index (Phi) is 2.46. The van der Waals surface area contributed by atoms with Crippen LogP contribution in [-0.2, 0) is 0 Å². The summed E-state index contributed by atoms with van der Waals surface area (Å²) < 4.78 is 0. The second kappa shape index (κ2) is 3.61. The second-order valence-electron chi connectivity index (χ2n) is 3.93. The Labute approximate surface area is 87.3 Å². The van der Waals surface area contributed by atoms with Crippen molar-refractivity contribution in [3.05, 3.63) is 16.3 Å². The van der Waals surface area contributed by atoms with Gasteiger partial charge in [0.2, 0.25) is 0 Å². The molecule has 1 amide bonds. The average molecular weight is 210 g/mol. The van der Waals surface area contributed by atoms with Gasteiger partial charge in [-0.25, -0.2) is 0 Å². The molecular formula is C10H14N2OS. The third-order valence-corrected chi connectivity index (χ3v) is 3.59. The van der Waals surface area contributed by atoms with Crippen LogP contribution in [0.4, 0.5) is 5.69 Å². The van der Waals surface area contributed by atoms with Crippen LogP contribution in [0.5, 0.6) is 0 Å². The number of nitrogens with one attached hydrogen (secondary N) is 1. The first-order chi connectivity index (χ1) is 6.66. The van der Waals surface area contributed by atoms with Crippen LogP contribution in [0.3, 0.4) is 0 Å². The number of amides is 1. The molecule has 2 atom stereocenters. The molecule has 1 fully saturated rings. The van der Waals surface area contributed by atoms with Crippen molar-refractivity contribution < 1.29 is 4.79 Å². The van der Waals surface area contributed by atoms with E-state index in [0.29, 0.717) is 16.5 Å². The van der Waals surface area contributed by atoms with Gasteiger partial charge in [-0.15, -0.1) is 11.3 Å². The Morgan fingerprint density at radius 3 is 3.00 bits per heavy atom. The van der Waals surface area contributed by atoms with Crippen molar-refractivity contribution in [3.63, 3.8) is 0 Å². The Balaban J connectivity index is 1.83. The van der Waals surface area contributed by atoms with Crippen LogP contribution in [0.1, 0.15) is 23.0 Å². The summed E-state index contributed by atoms with van der Waals surface area (Å²) in [5, 5.41) is 4.71. The molecule has 4 heteroatoms. The van der Waals surface area contributed by atoms with E-state index in [1.54, 1.807) is 11.4 Å². The van der Waals surface area contributed by atoms with Gasteiger partial charge >= 0.3 is 0 Å². The summed E-state index contributed by atoms with van der Waals surface area (Å²) in [5.41, 5.74) is 6.20. The number of carbonyl (C=O) groups excluding carboxylic acids is 1. The lowest BCUT2D eigenvalue weighted by Gasteiger charge is -2.01. The van der Waals surface area contributed by atoms with E-state index in [1.165, 1.54) is 17.8 Å². The van der Waals surface area contributed by atoms with Gasteiger partial charge in [0.05, 0.1) is 4.88 Å². The normalized spacial score (nSPS) is 24.6. The maximum atomic E-state index is 11.5. The number of nitrogen functional groups attached to an aromatic ring is 1. The molecule has 1 aromatic heterocycles. The molecule has 3 N–H and O–H groups in total. The summed E-state index contributed by atoms with van der Waals surface area (Å²) in [5.74, 6) is 1.48. The van der Waals surface area contributed by atoms with E-state index >= 15 is 0 Å². The minimum Gasteiger partial charge on any atom is -0.398 e. The van der Waals surface area contributed by atoms with Gasteiger partial charge in [0, 0.05) is 17.6 Å². The lowest BCUT2D eigenvalue weighted by atomic mass is 10.3. The molecule has 2 rings (SSSR count). The number of thiophene rings is 1. The van der Waals surface area contributed by atoms with Crippen molar-refractivity contribution >= 4 is 22.9 Å². The van der Waals surface area contributed by atoms with Gasteiger partial charge in [0.1, 0.15) is 0 Å². The number of hydrogen-bond acceptors (Lipinski definition) is 3. The van der Waals surface area contributed by atoms with Gasteiger partial charge < -0.3 is 11.1 Å². The van der Waals surface area contributed by atoms with Crippen molar-refractivity contribution in [2.75, 3.05) is 12.3 Å². The molecule has 1 heterocycles. The first-order valence-electron chi connectivity index (χ1n) is 4.79. The van der Waals surface area contributed by atoms with Crippen molar-refractivity contribution in [1.82, 2.24) is 5.32 Å². The first-order valence-corrected chi connectivity index (χ1v) is 5.67. The molecule has 14 heavy (non-hydrogen) atoms. The zero-order valence-corrected chi connectivity index (χ0v) is 8.93. The molecule has 0 aromatic carbocycles. The summed E-state index contributed by atoms with van der Waals surface area (Å²) in [4.78, 5) is 12.2. The zero-order chi connectivity index (χ0) is 10.1. The largest absolute Gasteiger partial charge is 0.398 e. The summed E-state index contributed by atoms with van der Waals surface area (Å²) >= 11 is 1.39. The quantitative estimate of drug-likeness (QED) is 0.798. The second-order valence-corrected chi connectivity index (χ2v) is 4.84.